The Morgan fingerprint density at radius 3 is 2.41 bits per heavy atom. The Labute approximate surface area is 153 Å². The van der Waals surface area contributed by atoms with Crippen molar-refractivity contribution in [2.24, 2.45) is 0 Å². The summed E-state index contributed by atoms with van der Waals surface area (Å²) in [6, 6.07) is 10.7. The Hall–Kier alpha value is -3.55. The van der Waals surface area contributed by atoms with E-state index < -0.39 is 36.0 Å². The Morgan fingerprint density at radius 1 is 0.963 bits per heavy atom. The molecule has 2 rings (SSSR count). The van der Waals surface area contributed by atoms with Gasteiger partial charge in [0.25, 0.3) is 5.91 Å². The number of esters is 1. The van der Waals surface area contributed by atoms with Crippen LogP contribution in [0.5, 0.6) is 0 Å². The average molecular weight is 374 g/mol. The molecular formula is C19H16F2N2O4. The molecule has 0 aliphatic carbocycles. The number of nitrogens with one attached hydrogen (secondary N) is 2. The first-order valence-corrected chi connectivity index (χ1v) is 7.85. The van der Waals surface area contributed by atoms with Gasteiger partial charge in [0, 0.05) is 11.8 Å². The highest BCUT2D eigenvalue weighted by molar-refractivity contribution is 5.95. The van der Waals surface area contributed by atoms with E-state index in [0.717, 1.165) is 6.08 Å². The van der Waals surface area contributed by atoms with Gasteiger partial charge in [-0.1, -0.05) is 12.1 Å². The molecule has 27 heavy (non-hydrogen) atoms. The lowest BCUT2D eigenvalue weighted by atomic mass is 10.2. The molecule has 2 aromatic carbocycles. The van der Waals surface area contributed by atoms with Crippen LogP contribution >= 0.6 is 0 Å². The molecule has 0 spiro atoms. The van der Waals surface area contributed by atoms with Gasteiger partial charge in [0.15, 0.2) is 6.61 Å². The normalized spacial score (nSPS) is 10.4. The first-order valence-electron chi connectivity index (χ1n) is 7.85. The zero-order valence-corrected chi connectivity index (χ0v) is 14.1. The summed E-state index contributed by atoms with van der Waals surface area (Å²) in [5.41, 5.74) is 0.846. The molecule has 2 aromatic rings. The lowest BCUT2D eigenvalue weighted by molar-refractivity contribution is -0.143. The lowest BCUT2D eigenvalue weighted by Gasteiger charge is -2.07. The van der Waals surface area contributed by atoms with Gasteiger partial charge in [-0.15, -0.1) is 0 Å². The van der Waals surface area contributed by atoms with Crippen LogP contribution in [0.2, 0.25) is 0 Å². The third-order valence-electron chi connectivity index (χ3n) is 3.18. The summed E-state index contributed by atoms with van der Waals surface area (Å²) < 4.78 is 30.5. The number of anilines is 1. The average Bonchev–Trinajstić information content (AvgIpc) is 2.65. The number of halogens is 2. The predicted octanol–water partition coefficient (Wildman–Crippen LogP) is 2.28. The second-order valence-electron chi connectivity index (χ2n) is 5.33. The van der Waals surface area contributed by atoms with Gasteiger partial charge in [0.05, 0.1) is 6.54 Å². The van der Waals surface area contributed by atoms with Gasteiger partial charge in [-0.3, -0.25) is 9.59 Å². The van der Waals surface area contributed by atoms with Crippen LogP contribution in [-0.4, -0.2) is 30.9 Å². The van der Waals surface area contributed by atoms with E-state index >= 15 is 0 Å². The van der Waals surface area contributed by atoms with E-state index in [0.29, 0.717) is 11.3 Å². The molecule has 140 valence electrons. The molecule has 0 saturated heterocycles. The number of hydrogen-bond donors (Lipinski definition) is 2. The highest BCUT2D eigenvalue weighted by Crippen LogP contribution is 2.07. The third-order valence-corrected chi connectivity index (χ3v) is 3.18. The van der Waals surface area contributed by atoms with Gasteiger partial charge < -0.3 is 15.4 Å². The van der Waals surface area contributed by atoms with Crippen LogP contribution in [0, 0.1) is 11.6 Å². The highest BCUT2D eigenvalue weighted by atomic mass is 19.1. The molecule has 2 amide bonds. The Kier molecular flexibility index (Phi) is 7.18. The van der Waals surface area contributed by atoms with Crippen LogP contribution in [0.3, 0.4) is 0 Å². The fourth-order valence-corrected chi connectivity index (χ4v) is 1.93. The number of carbonyl (C=O) groups is 3. The van der Waals surface area contributed by atoms with Crippen molar-refractivity contribution < 1.29 is 27.9 Å². The summed E-state index contributed by atoms with van der Waals surface area (Å²) in [6.45, 7) is -0.914. The van der Waals surface area contributed by atoms with Crippen LogP contribution < -0.4 is 10.6 Å². The van der Waals surface area contributed by atoms with Crippen LogP contribution in [-0.2, 0) is 19.1 Å². The number of carbonyl (C=O) groups excluding carboxylic acids is 3. The van der Waals surface area contributed by atoms with Crippen molar-refractivity contribution >= 4 is 29.5 Å². The van der Waals surface area contributed by atoms with Crippen LogP contribution in [0.15, 0.2) is 54.6 Å². The number of rotatable bonds is 7. The summed E-state index contributed by atoms with van der Waals surface area (Å²) in [7, 11) is 0. The summed E-state index contributed by atoms with van der Waals surface area (Å²) in [4.78, 5) is 34.8. The van der Waals surface area contributed by atoms with Crippen LogP contribution in [0.25, 0.3) is 6.08 Å². The van der Waals surface area contributed by atoms with E-state index in [1.54, 1.807) is 6.07 Å². The molecule has 0 aromatic heterocycles. The van der Waals surface area contributed by atoms with Gasteiger partial charge >= 0.3 is 5.97 Å². The first-order chi connectivity index (χ1) is 12.9. The molecule has 0 unspecified atom stereocenters. The Balaban J connectivity index is 1.68. The van der Waals surface area contributed by atoms with Gasteiger partial charge in [-0.25, -0.2) is 13.6 Å². The molecule has 2 N–H and O–H groups in total. The zero-order chi connectivity index (χ0) is 19.6. The van der Waals surface area contributed by atoms with E-state index in [4.69, 9.17) is 4.74 Å². The van der Waals surface area contributed by atoms with Gasteiger partial charge in [0.1, 0.15) is 11.6 Å². The van der Waals surface area contributed by atoms with Crippen molar-refractivity contribution in [1.82, 2.24) is 5.32 Å². The van der Waals surface area contributed by atoms with Crippen molar-refractivity contribution in [3.05, 3.63) is 71.8 Å². The molecular weight excluding hydrogens is 358 g/mol. The lowest BCUT2D eigenvalue weighted by Crippen LogP contribution is -2.35. The van der Waals surface area contributed by atoms with Crippen molar-refractivity contribution in [2.45, 2.75) is 0 Å². The summed E-state index contributed by atoms with van der Waals surface area (Å²) >= 11 is 0. The van der Waals surface area contributed by atoms with Crippen LogP contribution in [0.1, 0.15) is 5.56 Å². The summed E-state index contributed by atoms with van der Waals surface area (Å²) in [5, 5.41) is 4.74. The summed E-state index contributed by atoms with van der Waals surface area (Å²) in [5.74, 6) is -2.85. The fraction of sp³-hybridized carbons (Fsp3) is 0.105. The fourth-order valence-electron chi connectivity index (χ4n) is 1.93. The van der Waals surface area contributed by atoms with E-state index in [-0.39, 0.29) is 6.54 Å². The molecule has 0 saturated carbocycles. The van der Waals surface area contributed by atoms with Gasteiger partial charge in [-0.2, -0.15) is 0 Å². The SMILES string of the molecule is O=C(COC(=O)/C=C/c1cccc(F)c1)NCC(=O)Nc1ccc(F)cc1. The third kappa shape index (κ3) is 7.47. The van der Waals surface area contributed by atoms with Crippen molar-refractivity contribution in [1.29, 1.82) is 0 Å². The maximum absolute atomic E-state index is 13.0. The smallest absolute Gasteiger partial charge is 0.331 e. The first kappa shape index (κ1) is 19.8. The maximum Gasteiger partial charge on any atom is 0.331 e. The Morgan fingerprint density at radius 2 is 1.70 bits per heavy atom. The zero-order valence-electron chi connectivity index (χ0n) is 14.1. The second kappa shape index (κ2) is 9.81. The molecule has 0 radical (unpaired) electrons. The quantitative estimate of drug-likeness (QED) is 0.575. The van der Waals surface area contributed by atoms with Crippen molar-refractivity contribution in [3.8, 4) is 0 Å². The minimum absolute atomic E-state index is 0.340. The van der Waals surface area contributed by atoms with Gasteiger partial charge in [0.2, 0.25) is 5.91 Å². The van der Waals surface area contributed by atoms with Gasteiger partial charge in [-0.05, 0) is 48.0 Å². The van der Waals surface area contributed by atoms with Crippen LogP contribution in [0.4, 0.5) is 14.5 Å². The van der Waals surface area contributed by atoms with Crippen molar-refractivity contribution in [3.63, 3.8) is 0 Å². The standard InChI is InChI=1S/C19H16F2N2O4/c20-14-5-7-16(8-6-14)23-17(24)11-22-18(25)12-27-19(26)9-4-13-2-1-3-15(21)10-13/h1-10H,11-12H2,(H,22,25)(H,23,24)/b9-4+. The molecule has 0 heterocycles. The number of ether oxygens (including phenoxy) is 1. The molecule has 0 atom stereocenters. The minimum Gasteiger partial charge on any atom is -0.452 e. The Bertz CT molecular complexity index is 851. The number of benzene rings is 2. The van der Waals surface area contributed by atoms with E-state index in [1.807, 2.05) is 0 Å². The number of hydrogen-bond acceptors (Lipinski definition) is 4. The monoisotopic (exact) mass is 374 g/mol. The molecule has 0 bridgehead atoms. The molecule has 6 nitrogen and oxygen atoms in total. The molecule has 8 heteroatoms. The minimum atomic E-state index is -0.787. The largest absolute Gasteiger partial charge is 0.452 e. The topological polar surface area (TPSA) is 84.5 Å². The molecule has 0 fully saturated rings. The predicted molar refractivity (Wildman–Crippen MR) is 94.4 cm³/mol. The van der Waals surface area contributed by atoms with E-state index in [2.05, 4.69) is 10.6 Å². The highest BCUT2D eigenvalue weighted by Gasteiger charge is 2.08. The van der Waals surface area contributed by atoms with E-state index in [1.165, 1.54) is 48.5 Å². The second-order valence-corrected chi connectivity index (χ2v) is 5.33. The number of amides is 2. The maximum atomic E-state index is 13.0. The van der Waals surface area contributed by atoms with Crippen molar-refractivity contribution in [2.75, 3.05) is 18.5 Å². The molecule has 0 aliphatic heterocycles. The van der Waals surface area contributed by atoms with E-state index in [9.17, 15) is 23.2 Å². The summed E-state index contributed by atoms with van der Waals surface area (Å²) in [6.07, 6.45) is 2.41. The molecule has 0 aliphatic rings.